The molecule has 0 aliphatic heterocycles. The van der Waals surface area contributed by atoms with Gasteiger partial charge in [-0.05, 0) is 13.1 Å². The molecule has 0 radical (unpaired) electrons. The molecular weight excluding hydrogens is 130 g/mol. The third-order valence-electron chi connectivity index (χ3n) is 1.09. The maximum atomic E-state index is 4.93. The topological polar surface area (TPSA) is 30.5 Å². The van der Waals surface area contributed by atoms with Crippen molar-refractivity contribution >= 4 is 0 Å². The number of allylic oxidation sites excluding steroid dienone is 1. The fraction of sp³-hybridized carbons (Fsp3) is 0.714. The van der Waals surface area contributed by atoms with Crippen molar-refractivity contribution in [1.29, 1.82) is 0 Å². The molecule has 1 N–H and O–H groups in total. The van der Waals surface area contributed by atoms with Crippen LogP contribution < -0.4 is 5.32 Å². The third kappa shape index (κ3) is 4.35. The van der Waals surface area contributed by atoms with Crippen LogP contribution in [0.2, 0.25) is 0 Å². The zero-order chi connectivity index (χ0) is 7.82. The molecule has 0 spiro atoms. The fourth-order valence-electron chi connectivity index (χ4n) is 0.545. The molecule has 10 heavy (non-hydrogen) atoms. The van der Waals surface area contributed by atoms with Gasteiger partial charge in [-0.1, -0.05) is 6.08 Å². The highest BCUT2D eigenvalue weighted by Crippen LogP contribution is 1.86. The van der Waals surface area contributed by atoms with Crippen LogP contribution in [0.25, 0.3) is 0 Å². The van der Waals surface area contributed by atoms with Crippen molar-refractivity contribution in [1.82, 2.24) is 5.32 Å². The van der Waals surface area contributed by atoms with Gasteiger partial charge in [0.05, 0.1) is 6.54 Å². The van der Waals surface area contributed by atoms with Crippen LogP contribution in [0.4, 0.5) is 0 Å². The Morgan fingerprint density at radius 2 is 2.00 bits per heavy atom. The molecule has 3 heteroatoms. The molecule has 0 saturated heterocycles. The lowest BCUT2D eigenvalue weighted by Crippen LogP contribution is -2.26. The van der Waals surface area contributed by atoms with Crippen LogP contribution in [-0.2, 0) is 9.47 Å². The van der Waals surface area contributed by atoms with Crippen LogP contribution in [0.3, 0.4) is 0 Å². The summed E-state index contributed by atoms with van der Waals surface area (Å²) in [5, 5.41) is 3.01. The predicted molar refractivity (Wildman–Crippen MR) is 40.6 cm³/mol. The molecule has 0 atom stereocenters. The van der Waals surface area contributed by atoms with Gasteiger partial charge in [0.1, 0.15) is 0 Å². The second kappa shape index (κ2) is 6.58. The molecule has 0 aromatic rings. The summed E-state index contributed by atoms with van der Waals surface area (Å²) in [4.78, 5) is 0. The summed E-state index contributed by atoms with van der Waals surface area (Å²) in [5.74, 6) is 0. The molecule has 0 amide bonds. The predicted octanol–water partition coefficient (Wildman–Crippen LogP) is 0.728. The summed E-state index contributed by atoms with van der Waals surface area (Å²) in [7, 11) is 3.23. The van der Waals surface area contributed by atoms with E-state index < -0.39 is 0 Å². The van der Waals surface area contributed by atoms with Crippen LogP contribution in [0, 0.1) is 0 Å². The first-order valence-corrected chi connectivity index (χ1v) is 3.25. The summed E-state index contributed by atoms with van der Waals surface area (Å²) in [6, 6.07) is 0. The van der Waals surface area contributed by atoms with E-state index >= 15 is 0 Å². The van der Waals surface area contributed by atoms with Crippen molar-refractivity contribution in [3.8, 4) is 0 Å². The van der Waals surface area contributed by atoms with Crippen LogP contribution in [0.1, 0.15) is 6.92 Å². The Morgan fingerprint density at radius 1 is 1.40 bits per heavy atom. The minimum atomic E-state index is -0.156. The molecule has 0 unspecified atom stereocenters. The third-order valence-corrected chi connectivity index (χ3v) is 1.09. The van der Waals surface area contributed by atoms with Crippen molar-refractivity contribution in [3.05, 3.63) is 12.3 Å². The van der Waals surface area contributed by atoms with Gasteiger partial charge in [0, 0.05) is 14.2 Å². The van der Waals surface area contributed by atoms with Gasteiger partial charge in [0.2, 0.25) is 0 Å². The van der Waals surface area contributed by atoms with Gasteiger partial charge in [-0.2, -0.15) is 0 Å². The lowest BCUT2D eigenvalue weighted by atomic mass is 10.6. The first-order valence-electron chi connectivity index (χ1n) is 3.25. The van der Waals surface area contributed by atoms with Crippen molar-refractivity contribution in [2.45, 2.75) is 13.2 Å². The molecule has 0 bridgehead atoms. The summed E-state index contributed by atoms with van der Waals surface area (Å²) < 4.78 is 9.85. The molecule has 0 aliphatic rings. The van der Waals surface area contributed by atoms with E-state index in [1.807, 2.05) is 19.2 Å². The second-order valence-electron chi connectivity index (χ2n) is 1.81. The van der Waals surface area contributed by atoms with Gasteiger partial charge in [-0.15, -0.1) is 0 Å². The number of ether oxygens (including phenoxy) is 2. The van der Waals surface area contributed by atoms with Crippen LogP contribution >= 0.6 is 0 Å². The van der Waals surface area contributed by atoms with E-state index in [-0.39, 0.29) is 6.29 Å². The molecule has 0 aromatic heterocycles. The van der Waals surface area contributed by atoms with E-state index in [4.69, 9.17) is 9.47 Å². The summed E-state index contributed by atoms with van der Waals surface area (Å²) in [6.07, 6.45) is 3.61. The van der Waals surface area contributed by atoms with E-state index in [0.717, 1.165) is 0 Å². The number of hydrogen-bond acceptors (Lipinski definition) is 3. The molecular formula is C7H15NO2. The van der Waals surface area contributed by atoms with Crippen LogP contribution in [0.5, 0.6) is 0 Å². The Labute approximate surface area is 62.0 Å². The minimum Gasteiger partial charge on any atom is -0.386 e. The minimum absolute atomic E-state index is 0.156. The summed E-state index contributed by atoms with van der Waals surface area (Å²) in [6.45, 7) is 2.62. The molecule has 60 valence electrons. The SMILES string of the molecule is CC=CNCC(OC)OC. The van der Waals surface area contributed by atoms with E-state index in [1.54, 1.807) is 14.2 Å². The summed E-state index contributed by atoms with van der Waals surface area (Å²) in [5.41, 5.74) is 0. The lowest BCUT2D eigenvalue weighted by molar-refractivity contribution is -0.0972. The second-order valence-corrected chi connectivity index (χ2v) is 1.81. The largest absolute Gasteiger partial charge is 0.386 e. The van der Waals surface area contributed by atoms with E-state index in [1.165, 1.54) is 0 Å². The monoisotopic (exact) mass is 145 g/mol. The fourth-order valence-corrected chi connectivity index (χ4v) is 0.545. The van der Waals surface area contributed by atoms with Crippen molar-refractivity contribution in [2.75, 3.05) is 20.8 Å². The van der Waals surface area contributed by atoms with Gasteiger partial charge in [-0.25, -0.2) is 0 Å². The highest BCUT2D eigenvalue weighted by atomic mass is 16.7. The van der Waals surface area contributed by atoms with Crippen molar-refractivity contribution < 1.29 is 9.47 Å². The Kier molecular flexibility index (Phi) is 6.22. The van der Waals surface area contributed by atoms with Gasteiger partial charge < -0.3 is 14.8 Å². The quantitative estimate of drug-likeness (QED) is 0.578. The normalized spacial score (nSPS) is 11.2. The van der Waals surface area contributed by atoms with Crippen LogP contribution in [0.15, 0.2) is 12.3 Å². The summed E-state index contributed by atoms with van der Waals surface area (Å²) >= 11 is 0. The van der Waals surface area contributed by atoms with Gasteiger partial charge in [-0.3, -0.25) is 0 Å². The molecule has 0 fully saturated rings. The molecule has 0 aliphatic carbocycles. The maximum absolute atomic E-state index is 4.93. The molecule has 0 rings (SSSR count). The Bertz CT molecular complexity index is 89.6. The van der Waals surface area contributed by atoms with E-state index in [2.05, 4.69) is 5.32 Å². The Balaban J connectivity index is 3.25. The van der Waals surface area contributed by atoms with Crippen molar-refractivity contribution in [2.24, 2.45) is 0 Å². The van der Waals surface area contributed by atoms with Gasteiger partial charge in [0.25, 0.3) is 0 Å². The lowest BCUT2D eigenvalue weighted by Gasteiger charge is -2.12. The Hall–Kier alpha value is -0.540. The van der Waals surface area contributed by atoms with Gasteiger partial charge >= 0.3 is 0 Å². The molecule has 0 saturated carbocycles. The van der Waals surface area contributed by atoms with Crippen LogP contribution in [-0.4, -0.2) is 27.1 Å². The Morgan fingerprint density at radius 3 is 2.40 bits per heavy atom. The van der Waals surface area contributed by atoms with Crippen molar-refractivity contribution in [3.63, 3.8) is 0 Å². The number of nitrogens with one attached hydrogen (secondary N) is 1. The first-order chi connectivity index (χ1) is 4.85. The van der Waals surface area contributed by atoms with E-state index in [0.29, 0.717) is 6.54 Å². The zero-order valence-corrected chi connectivity index (χ0v) is 6.76. The zero-order valence-electron chi connectivity index (χ0n) is 6.76. The van der Waals surface area contributed by atoms with Gasteiger partial charge in [0.15, 0.2) is 6.29 Å². The average Bonchev–Trinajstić information content (AvgIpc) is 1.99. The highest BCUT2D eigenvalue weighted by molar-refractivity contribution is 4.74. The standard InChI is InChI=1S/C7H15NO2/c1-4-5-8-6-7(9-2)10-3/h4-5,7-8H,6H2,1-3H3. The molecule has 3 nitrogen and oxygen atoms in total. The molecule has 0 heterocycles. The smallest absolute Gasteiger partial charge is 0.173 e. The first kappa shape index (κ1) is 9.46. The highest BCUT2D eigenvalue weighted by Gasteiger charge is 2.00. The maximum Gasteiger partial charge on any atom is 0.173 e. The average molecular weight is 145 g/mol. The number of rotatable bonds is 5. The number of methoxy groups -OCH3 is 2. The van der Waals surface area contributed by atoms with E-state index in [9.17, 15) is 0 Å². The number of hydrogen-bond donors (Lipinski definition) is 1. The molecule has 0 aromatic carbocycles.